The molecule has 16 heavy (non-hydrogen) atoms. The number of nitrogens with zero attached hydrogens (tertiary/aromatic N) is 1. The predicted molar refractivity (Wildman–Crippen MR) is 65.2 cm³/mol. The van der Waals surface area contributed by atoms with Crippen LogP contribution in [0, 0.1) is 5.82 Å². The van der Waals surface area contributed by atoms with Gasteiger partial charge in [-0.2, -0.15) is 0 Å². The van der Waals surface area contributed by atoms with E-state index in [1.54, 1.807) is 30.1 Å². The fraction of sp³-hybridized carbons (Fsp3) is 0.0833. The molecule has 1 aromatic heterocycles. The third-order valence-corrected chi connectivity index (χ3v) is 3.45. The van der Waals surface area contributed by atoms with Crippen LogP contribution in [0.4, 0.5) is 4.39 Å². The third kappa shape index (κ3) is 2.97. The molecule has 1 nitrogen and oxygen atoms in total. The molecule has 2 aromatic rings. The van der Waals surface area contributed by atoms with Gasteiger partial charge in [-0.15, -0.1) is 11.8 Å². The zero-order chi connectivity index (χ0) is 11.4. The van der Waals surface area contributed by atoms with E-state index in [1.807, 2.05) is 12.1 Å². The van der Waals surface area contributed by atoms with Gasteiger partial charge in [-0.3, -0.25) is 0 Å². The number of hydrogen-bond donors (Lipinski definition) is 0. The van der Waals surface area contributed by atoms with E-state index in [2.05, 4.69) is 4.98 Å². The Kier molecular flexibility index (Phi) is 3.80. The van der Waals surface area contributed by atoms with Gasteiger partial charge in [-0.05, 0) is 35.9 Å². The van der Waals surface area contributed by atoms with Gasteiger partial charge in [0.05, 0.1) is 0 Å². The number of thioether (sulfide) groups is 1. The molecular formula is C12H9ClFNS. The maximum Gasteiger partial charge on any atom is 0.133 e. The standard InChI is InChI=1S/C12H9ClFNS/c13-12-9(2-1-7-15-12)8-16-11-5-3-10(14)4-6-11/h1-7H,8H2. The van der Waals surface area contributed by atoms with Crippen LogP contribution < -0.4 is 0 Å². The van der Waals surface area contributed by atoms with Gasteiger partial charge in [0.25, 0.3) is 0 Å². The Morgan fingerprint density at radius 1 is 1.19 bits per heavy atom. The molecule has 0 atom stereocenters. The molecule has 0 saturated heterocycles. The molecular weight excluding hydrogens is 245 g/mol. The van der Waals surface area contributed by atoms with Crippen LogP contribution in [0.2, 0.25) is 5.15 Å². The summed E-state index contributed by atoms with van der Waals surface area (Å²) in [6, 6.07) is 10.2. The maximum atomic E-state index is 12.7. The summed E-state index contributed by atoms with van der Waals surface area (Å²) in [4.78, 5) is 5.01. The van der Waals surface area contributed by atoms with E-state index in [-0.39, 0.29) is 5.82 Å². The van der Waals surface area contributed by atoms with Crippen molar-refractivity contribution >= 4 is 23.4 Å². The summed E-state index contributed by atoms with van der Waals surface area (Å²) >= 11 is 7.54. The smallest absolute Gasteiger partial charge is 0.133 e. The molecule has 0 unspecified atom stereocenters. The molecule has 0 aliphatic heterocycles. The molecule has 0 saturated carbocycles. The lowest BCUT2D eigenvalue weighted by Gasteiger charge is -2.03. The van der Waals surface area contributed by atoms with Gasteiger partial charge in [0.15, 0.2) is 0 Å². The van der Waals surface area contributed by atoms with Crippen molar-refractivity contribution in [2.24, 2.45) is 0 Å². The SMILES string of the molecule is Fc1ccc(SCc2cccnc2Cl)cc1. The van der Waals surface area contributed by atoms with Gasteiger partial charge in [0, 0.05) is 16.8 Å². The molecule has 82 valence electrons. The van der Waals surface area contributed by atoms with Crippen LogP contribution in [-0.4, -0.2) is 4.98 Å². The van der Waals surface area contributed by atoms with E-state index in [9.17, 15) is 4.39 Å². The Morgan fingerprint density at radius 2 is 1.94 bits per heavy atom. The van der Waals surface area contributed by atoms with Crippen molar-refractivity contribution in [2.45, 2.75) is 10.6 Å². The number of aromatic nitrogens is 1. The monoisotopic (exact) mass is 253 g/mol. The number of halogens is 2. The van der Waals surface area contributed by atoms with E-state index in [4.69, 9.17) is 11.6 Å². The van der Waals surface area contributed by atoms with Crippen molar-refractivity contribution < 1.29 is 4.39 Å². The Labute approximate surface area is 103 Å². The zero-order valence-electron chi connectivity index (χ0n) is 8.36. The van der Waals surface area contributed by atoms with Gasteiger partial charge < -0.3 is 0 Å². The second kappa shape index (κ2) is 5.32. The highest BCUT2D eigenvalue weighted by atomic mass is 35.5. The Morgan fingerprint density at radius 3 is 2.62 bits per heavy atom. The van der Waals surface area contributed by atoms with Crippen LogP contribution in [0.5, 0.6) is 0 Å². The molecule has 0 bridgehead atoms. The molecule has 0 N–H and O–H groups in total. The summed E-state index contributed by atoms with van der Waals surface area (Å²) in [5, 5.41) is 0.525. The van der Waals surface area contributed by atoms with Crippen molar-refractivity contribution in [2.75, 3.05) is 0 Å². The molecule has 0 fully saturated rings. The first kappa shape index (κ1) is 11.4. The zero-order valence-corrected chi connectivity index (χ0v) is 9.93. The van der Waals surface area contributed by atoms with E-state index >= 15 is 0 Å². The summed E-state index contributed by atoms with van der Waals surface area (Å²) in [6.45, 7) is 0. The van der Waals surface area contributed by atoms with Crippen LogP contribution in [0.25, 0.3) is 0 Å². The Bertz CT molecular complexity index is 473. The highest BCUT2D eigenvalue weighted by Crippen LogP contribution is 2.25. The maximum absolute atomic E-state index is 12.7. The molecule has 1 heterocycles. The first-order chi connectivity index (χ1) is 7.75. The number of hydrogen-bond acceptors (Lipinski definition) is 2. The molecule has 0 aliphatic carbocycles. The minimum absolute atomic E-state index is 0.219. The lowest BCUT2D eigenvalue weighted by atomic mass is 10.3. The van der Waals surface area contributed by atoms with Gasteiger partial charge in [0.2, 0.25) is 0 Å². The Hall–Kier alpha value is -1.06. The normalized spacial score (nSPS) is 10.4. The third-order valence-electron chi connectivity index (χ3n) is 2.04. The van der Waals surface area contributed by atoms with Crippen molar-refractivity contribution in [1.82, 2.24) is 4.98 Å². The summed E-state index contributed by atoms with van der Waals surface area (Å²) in [5.41, 5.74) is 0.985. The Balaban J connectivity index is 2.02. The largest absolute Gasteiger partial charge is 0.244 e. The molecule has 0 spiro atoms. The van der Waals surface area contributed by atoms with Crippen LogP contribution in [0.15, 0.2) is 47.5 Å². The molecule has 2 rings (SSSR count). The quantitative estimate of drug-likeness (QED) is 0.602. The van der Waals surface area contributed by atoms with E-state index in [1.165, 1.54) is 12.1 Å². The predicted octanol–water partition coefficient (Wildman–Crippen LogP) is 4.17. The summed E-state index contributed by atoms with van der Waals surface area (Å²) in [5.74, 6) is 0.516. The average molecular weight is 254 g/mol. The van der Waals surface area contributed by atoms with Crippen molar-refractivity contribution in [3.63, 3.8) is 0 Å². The second-order valence-corrected chi connectivity index (χ2v) is 4.60. The van der Waals surface area contributed by atoms with E-state index < -0.39 is 0 Å². The van der Waals surface area contributed by atoms with Crippen LogP contribution in [0.1, 0.15) is 5.56 Å². The number of rotatable bonds is 3. The molecule has 0 aliphatic rings. The average Bonchev–Trinajstić information content (AvgIpc) is 2.30. The van der Waals surface area contributed by atoms with Crippen molar-refractivity contribution in [3.8, 4) is 0 Å². The van der Waals surface area contributed by atoms with Crippen LogP contribution in [0.3, 0.4) is 0 Å². The number of benzene rings is 1. The summed E-state index contributed by atoms with van der Waals surface area (Å²) in [6.07, 6.45) is 1.66. The van der Waals surface area contributed by atoms with Crippen LogP contribution >= 0.6 is 23.4 Å². The topological polar surface area (TPSA) is 12.9 Å². The highest BCUT2D eigenvalue weighted by Gasteiger charge is 2.01. The van der Waals surface area contributed by atoms with Gasteiger partial charge in [-0.1, -0.05) is 17.7 Å². The van der Waals surface area contributed by atoms with Gasteiger partial charge in [-0.25, -0.2) is 9.37 Å². The fourth-order valence-corrected chi connectivity index (χ4v) is 2.37. The van der Waals surface area contributed by atoms with Gasteiger partial charge in [0.1, 0.15) is 11.0 Å². The number of pyridine rings is 1. The lowest BCUT2D eigenvalue weighted by Crippen LogP contribution is -1.85. The summed E-state index contributed by atoms with van der Waals surface area (Å²) < 4.78 is 12.7. The van der Waals surface area contributed by atoms with Crippen molar-refractivity contribution in [3.05, 3.63) is 59.1 Å². The minimum Gasteiger partial charge on any atom is -0.244 e. The summed E-state index contributed by atoms with van der Waals surface area (Å²) in [7, 11) is 0. The minimum atomic E-state index is -0.219. The highest BCUT2D eigenvalue weighted by molar-refractivity contribution is 7.98. The first-order valence-corrected chi connectivity index (χ1v) is 6.10. The van der Waals surface area contributed by atoms with Crippen molar-refractivity contribution in [1.29, 1.82) is 0 Å². The van der Waals surface area contributed by atoms with Crippen LogP contribution in [-0.2, 0) is 5.75 Å². The second-order valence-electron chi connectivity index (χ2n) is 3.20. The van der Waals surface area contributed by atoms with E-state index in [0.29, 0.717) is 5.15 Å². The fourth-order valence-electron chi connectivity index (χ4n) is 1.22. The van der Waals surface area contributed by atoms with E-state index in [0.717, 1.165) is 16.2 Å². The molecule has 0 radical (unpaired) electrons. The molecule has 0 amide bonds. The molecule has 1 aromatic carbocycles. The lowest BCUT2D eigenvalue weighted by molar-refractivity contribution is 0.626. The first-order valence-electron chi connectivity index (χ1n) is 4.73. The molecule has 4 heteroatoms. The van der Waals surface area contributed by atoms with Gasteiger partial charge >= 0.3 is 0 Å².